The highest BCUT2D eigenvalue weighted by molar-refractivity contribution is 7.99. The average Bonchev–Trinajstić information content (AvgIpc) is 3.28. The number of imidazole rings is 1. The van der Waals surface area contributed by atoms with Crippen LogP contribution in [0.4, 0.5) is 0 Å². The molecule has 0 amide bonds. The molecule has 5 N–H and O–H groups in total. The van der Waals surface area contributed by atoms with Crippen LogP contribution >= 0.6 is 11.8 Å². The molecule has 3 aromatic carbocycles. The SMILES string of the molecule is CCCSc1nc2c(Cc3ccc(-c4ccccc4C(N)=NO)cc3)c(C)cc(C(=O)O)c2[nH]1. The van der Waals surface area contributed by atoms with Crippen molar-refractivity contribution in [2.24, 2.45) is 10.9 Å². The minimum absolute atomic E-state index is 0.0616. The average molecular weight is 475 g/mol. The van der Waals surface area contributed by atoms with Crippen molar-refractivity contribution in [1.29, 1.82) is 0 Å². The zero-order valence-electron chi connectivity index (χ0n) is 19.0. The summed E-state index contributed by atoms with van der Waals surface area (Å²) in [6.07, 6.45) is 1.62. The number of aryl methyl sites for hydroxylation is 1. The number of hydrogen-bond donors (Lipinski definition) is 4. The van der Waals surface area contributed by atoms with Crippen LogP contribution in [-0.2, 0) is 6.42 Å². The van der Waals surface area contributed by atoms with E-state index in [0.717, 1.165) is 45.1 Å². The fraction of sp³-hybridized carbons (Fsp3) is 0.192. The van der Waals surface area contributed by atoms with Gasteiger partial charge in [-0.15, -0.1) is 0 Å². The van der Waals surface area contributed by atoms with Crippen molar-refractivity contribution in [3.8, 4) is 11.1 Å². The molecule has 34 heavy (non-hydrogen) atoms. The van der Waals surface area contributed by atoms with E-state index >= 15 is 0 Å². The first-order valence-corrected chi connectivity index (χ1v) is 12.0. The van der Waals surface area contributed by atoms with E-state index in [1.54, 1.807) is 17.8 Å². The van der Waals surface area contributed by atoms with Crippen LogP contribution in [0.25, 0.3) is 22.2 Å². The van der Waals surface area contributed by atoms with Crippen LogP contribution in [-0.4, -0.2) is 37.8 Å². The highest BCUT2D eigenvalue weighted by atomic mass is 32.2. The smallest absolute Gasteiger partial charge is 0.337 e. The van der Waals surface area contributed by atoms with E-state index in [4.69, 9.17) is 15.9 Å². The lowest BCUT2D eigenvalue weighted by atomic mass is 9.94. The number of carboxylic acid groups (broad SMARTS) is 1. The van der Waals surface area contributed by atoms with E-state index < -0.39 is 5.97 Å². The summed E-state index contributed by atoms with van der Waals surface area (Å²) >= 11 is 1.60. The maximum Gasteiger partial charge on any atom is 0.337 e. The molecule has 4 rings (SSSR count). The Balaban J connectivity index is 1.71. The van der Waals surface area contributed by atoms with Crippen LogP contribution in [0.2, 0.25) is 0 Å². The molecule has 0 atom stereocenters. The van der Waals surface area contributed by atoms with Crippen LogP contribution in [0.15, 0.2) is 64.9 Å². The van der Waals surface area contributed by atoms with E-state index in [1.807, 2.05) is 55.5 Å². The molecule has 0 spiro atoms. The zero-order valence-corrected chi connectivity index (χ0v) is 19.8. The first kappa shape index (κ1) is 23.4. The number of nitrogens with one attached hydrogen (secondary N) is 1. The summed E-state index contributed by atoms with van der Waals surface area (Å²) in [5, 5.41) is 22.7. The van der Waals surface area contributed by atoms with Crippen LogP contribution in [0.5, 0.6) is 0 Å². The van der Waals surface area contributed by atoms with Gasteiger partial charge in [-0.1, -0.05) is 72.4 Å². The van der Waals surface area contributed by atoms with Gasteiger partial charge in [-0.05, 0) is 53.6 Å². The van der Waals surface area contributed by atoms with Crippen molar-refractivity contribution in [2.45, 2.75) is 31.8 Å². The van der Waals surface area contributed by atoms with E-state index in [2.05, 4.69) is 17.1 Å². The maximum absolute atomic E-state index is 11.8. The number of carbonyl (C=O) groups is 1. The number of nitrogens with zero attached hydrogens (tertiary/aromatic N) is 2. The molecule has 0 aliphatic carbocycles. The summed E-state index contributed by atoms with van der Waals surface area (Å²) in [4.78, 5) is 19.8. The number of carboxylic acids is 1. The second-order valence-electron chi connectivity index (χ2n) is 8.04. The molecule has 0 aliphatic heterocycles. The van der Waals surface area contributed by atoms with Gasteiger partial charge < -0.3 is 21.0 Å². The van der Waals surface area contributed by atoms with Crippen molar-refractivity contribution >= 4 is 34.6 Å². The topological polar surface area (TPSA) is 125 Å². The van der Waals surface area contributed by atoms with E-state index in [-0.39, 0.29) is 11.4 Å². The largest absolute Gasteiger partial charge is 0.478 e. The van der Waals surface area contributed by atoms with Gasteiger partial charge in [0.25, 0.3) is 0 Å². The second kappa shape index (κ2) is 10.0. The van der Waals surface area contributed by atoms with Crippen LogP contribution in [0, 0.1) is 6.92 Å². The van der Waals surface area contributed by atoms with Gasteiger partial charge in [-0.2, -0.15) is 0 Å². The Labute approximate surface area is 201 Å². The summed E-state index contributed by atoms with van der Waals surface area (Å²) in [6, 6.07) is 17.3. The lowest BCUT2D eigenvalue weighted by Gasteiger charge is -2.11. The molecule has 0 saturated carbocycles. The quantitative estimate of drug-likeness (QED) is 0.0888. The Hall–Kier alpha value is -3.78. The van der Waals surface area contributed by atoms with Crippen molar-refractivity contribution in [3.63, 3.8) is 0 Å². The number of amidine groups is 1. The molecular formula is C26H26N4O3S. The Morgan fingerprint density at radius 2 is 1.88 bits per heavy atom. The molecule has 0 saturated heterocycles. The van der Waals surface area contributed by atoms with Gasteiger partial charge in [0.1, 0.15) is 0 Å². The number of aromatic nitrogens is 2. The number of rotatable bonds is 8. The summed E-state index contributed by atoms with van der Waals surface area (Å²) in [5.41, 5.74) is 12.8. The van der Waals surface area contributed by atoms with E-state index in [0.29, 0.717) is 23.0 Å². The third-order valence-corrected chi connectivity index (χ3v) is 6.78. The molecule has 1 heterocycles. The van der Waals surface area contributed by atoms with Crippen LogP contribution in [0.3, 0.4) is 0 Å². The molecule has 0 unspecified atom stereocenters. The monoisotopic (exact) mass is 474 g/mol. The lowest BCUT2D eigenvalue weighted by Crippen LogP contribution is -2.14. The van der Waals surface area contributed by atoms with Crippen LogP contribution in [0.1, 0.15) is 46.0 Å². The number of hydrogen-bond acceptors (Lipinski definition) is 5. The number of oxime groups is 1. The minimum Gasteiger partial charge on any atom is -0.478 e. The van der Waals surface area contributed by atoms with E-state index in [9.17, 15) is 9.90 Å². The minimum atomic E-state index is -0.968. The highest BCUT2D eigenvalue weighted by Crippen LogP contribution is 2.31. The number of fused-ring (bicyclic) bond motifs is 1. The predicted octanol–water partition coefficient (Wildman–Crippen LogP) is 5.42. The third-order valence-electron chi connectivity index (χ3n) is 5.70. The number of nitrogens with two attached hydrogens (primary N) is 1. The van der Waals surface area contributed by atoms with Gasteiger partial charge in [0.05, 0.1) is 16.6 Å². The molecule has 174 valence electrons. The predicted molar refractivity (Wildman–Crippen MR) is 136 cm³/mol. The standard InChI is InChI=1S/C26H26N4O3S/c1-3-12-34-26-28-22-20(15(2)13-21(25(31)32)23(22)29-26)14-16-8-10-17(11-9-16)18-6-4-5-7-19(18)24(27)30-33/h4-11,13,33H,3,12,14H2,1-2H3,(H2,27,30)(H,28,29)(H,31,32). The molecule has 0 radical (unpaired) electrons. The van der Waals surface area contributed by atoms with Gasteiger partial charge in [0.2, 0.25) is 0 Å². The molecule has 8 heteroatoms. The summed E-state index contributed by atoms with van der Waals surface area (Å²) in [6.45, 7) is 4.03. The molecule has 0 fully saturated rings. The van der Waals surface area contributed by atoms with Gasteiger partial charge in [0, 0.05) is 11.3 Å². The van der Waals surface area contributed by atoms with Crippen molar-refractivity contribution in [1.82, 2.24) is 9.97 Å². The number of H-pyrrole nitrogens is 1. The Morgan fingerprint density at radius 1 is 1.15 bits per heavy atom. The van der Waals surface area contributed by atoms with Crippen molar-refractivity contribution in [3.05, 3.63) is 82.4 Å². The lowest BCUT2D eigenvalue weighted by molar-refractivity contribution is 0.0698. The Bertz CT molecular complexity index is 1380. The Kier molecular flexibility index (Phi) is 6.88. The normalized spacial score (nSPS) is 11.8. The Morgan fingerprint density at radius 3 is 2.56 bits per heavy atom. The number of aromatic amines is 1. The molecule has 1 aromatic heterocycles. The van der Waals surface area contributed by atoms with Crippen molar-refractivity contribution < 1.29 is 15.1 Å². The second-order valence-corrected chi connectivity index (χ2v) is 9.13. The molecule has 0 bridgehead atoms. The first-order valence-electron chi connectivity index (χ1n) is 11.0. The van der Waals surface area contributed by atoms with Gasteiger partial charge in [-0.3, -0.25) is 0 Å². The first-order chi connectivity index (χ1) is 16.4. The van der Waals surface area contributed by atoms with Gasteiger partial charge >= 0.3 is 5.97 Å². The van der Waals surface area contributed by atoms with E-state index in [1.165, 1.54) is 0 Å². The summed E-state index contributed by atoms with van der Waals surface area (Å²) < 4.78 is 0. The van der Waals surface area contributed by atoms with Crippen molar-refractivity contribution in [2.75, 3.05) is 5.75 Å². The van der Waals surface area contributed by atoms with Gasteiger partial charge in [0.15, 0.2) is 11.0 Å². The molecule has 7 nitrogen and oxygen atoms in total. The fourth-order valence-electron chi connectivity index (χ4n) is 4.00. The molecular weight excluding hydrogens is 448 g/mol. The van der Waals surface area contributed by atoms with Crippen LogP contribution < -0.4 is 5.73 Å². The molecule has 4 aromatic rings. The number of benzene rings is 3. The number of aromatic carboxylic acids is 1. The fourth-order valence-corrected chi connectivity index (χ4v) is 4.73. The van der Waals surface area contributed by atoms with Gasteiger partial charge in [-0.25, -0.2) is 9.78 Å². The molecule has 0 aliphatic rings. The summed E-state index contributed by atoms with van der Waals surface area (Å²) in [5.74, 6) is 0.000817. The third kappa shape index (κ3) is 4.63. The summed E-state index contributed by atoms with van der Waals surface area (Å²) in [7, 11) is 0. The number of thioether (sulfide) groups is 1. The maximum atomic E-state index is 11.8. The zero-order chi connectivity index (χ0) is 24.2. The highest BCUT2D eigenvalue weighted by Gasteiger charge is 2.19.